The number of amides is 2. The fourth-order valence-electron chi connectivity index (χ4n) is 3.11. The molecule has 1 aliphatic rings. The average molecular weight is 380 g/mol. The molecule has 1 aliphatic carbocycles. The van der Waals surface area contributed by atoms with Crippen molar-refractivity contribution in [3.63, 3.8) is 0 Å². The van der Waals surface area contributed by atoms with Gasteiger partial charge in [-0.1, -0.05) is 18.2 Å². The van der Waals surface area contributed by atoms with Gasteiger partial charge < -0.3 is 10.6 Å². The van der Waals surface area contributed by atoms with Crippen molar-refractivity contribution in [3.8, 4) is 0 Å². The minimum Gasteiger partial charge on any atom is -0.352 e. The molecule has 0 atom stereocenters. The van der Waals surface area contributed by atoms with E-state index in [2.05, 4.69) is 20.5 Å². The van der Waals surface area contributed by atoms with E-state index < -0.39 is 0 Å². The minimum absolute atomic E-state index is 0.00978. The van der Waals surface area contributed by atoms with Crippen LogP contribution in [0.2, 0.25) is 0 Å². The van der Waals surface area contributed by atoms with Gasteiger partial charge in [0.25, 0.3) is 0 Å². The normalized spacial score (nSPS) is 13.4. The van der Waals surface area contributed by atoms with Gasteiger partial charge in [0.2, 0.25) is 11.8 Å². The molecule has 6 heteroatoms. The standard InChI is InChI=1S/C22H28N4O2/c1-16-5-6-17(2)20(12-16)25-22(28)15-26(19-7-8-19)11-9-21(27)24-14-18-4-3-10-23-13-18/h3-6,10,12-13,19H,7-9,11,14-15H2,1-2H3,(H,24,27)(H,25,28). The van der Waals surface area contributed by atoms with Crippen LogP contribution in [-0.2, 0) is 16.1 Å². The third kappa shape index (κ3) is 6.16. The second-order valence-corrected chi connectivity index (χ2v) is 7.46. The summed E-state index contributed by atoms with van der Waals surface area (Å²) in [7, 11) is 0. The highest BCUT2D eigenvalue weighted by Gasteiger charge is 2.30. The van der Waals surface area contributed by atoms with Gasteiger partial charge in [-0.2, -0.15) is 0 Å². The smallest absolute Gasteiger partial charge is 0.238 e. The summed E-state index contributed by atoms with van der Waals surface area (Å²) in [6, 6.07) is 10.2. The van der Waals surface area contributed by atoms with Gasteiger partial charge in [0, 0.05) is 43.6 Å². The van der Waals surface area contributed by atoms with E-state index in [4.69, 9.17) is 0 Å². The lowest BCUT2D eigenvalue weighted by Gasteiger charge is -2.21. The van der Waals surface area contributed by atoms with Gasteiger partial charge >= 0.3 is 0 Å². The monoisotopic (exact) mass is 380 g/mol. The second-order valence-electron chi connectivity index (χ2n) is 7.46. The number of aromatic nitrogens is 1. The van der Waals surface area contributed by atoms with Gasteiger partial charge in [-0.15, -0.1) is 0 Å². The SMILES string of the molecule is Cc1ccc(C)c(NC(=O)CN(CCC(=O)NCc2cccnc2)C2CC2)c1. The number of aryl methyl sites for hydroxylation is 2. The largest absolute Gasteiger partial charge is 0.352 e. The Bertz CT molecular complexity index is 819. The Kier molecular flexibility index (Phi) is 6.76. The summed E-state index contributed by atoms with van der Waals surface area (Å²) in [4.78, 5) is 30.8. The molecule has 0 bridgehead atoms. The molecule has 1 saturated carbocycles. The number of carbonyl (C=O) groups is 2. The fourth-order valence-corrected chi connectivity index (χ4v) is 3.11. The lowest BCUT2D eigenvalue weighted by molar-refractivity contribution is -0.122. The Morgan fingerprint density at radius 1 is 1.18 bits per heavy atom. The highest BCUT2D eigenvalue weighted by molar-refractivity contribution is 5.93. The number of hydrogen-bond donors (Lipinski definition) is 2. The molecule has 0 aliphatic heterocycles. The zero-order valence-corrected chi connectivity index (χ0v) is 16.6. The van der Waals surface area contributed by atoms with E-state index >= 15 is 0 Å². The van der Waals surface area contributed by atoms with Gasteiger partial charge in [0.05, 0.1) is 6.54 Å². The highest BCUT2D eigenvalue weighted by atomic mass is 16.2. The maximum absolute atomic E-state index is 12.5. The summed E-state index contributed by atoms with van der Waals surface area (Å²) in [6.07, 6.45) is 6.02. The van der Waals surface area contributed by atoms with E-state index in [0.29, 0.717) is 32.1 Å². The predicted molar refractivity (Wildman–Crippen MR) is 110 cm³/mol. The molecule has 1 fully saturated rings. The molecule has 148 valence electrons. The van der Waals surface area contributed by atoms with Crippen molar-refractivity contribution < 1.29 is 9.59 Å². The number of nitrogens with one attached hydrogen (secondary N) is 2. The number of rotatable bonds is 9. The zero-order chi connectivity index (χ0) is 19.9. The summed E-state index contributed by atoms with van der Waals surface area (Å²) in [6.45, 7) is 5.37. The van der Waals surface area contributed by atoms with Crippen molar-refractivity contribution >= 4 is 17.5 Å². The lowest BCUT2D eigenvalue weighted by Crippen LogP contribution is -2.37. The maximum atomic E-state index is 12.5. The van der Waals surface area contributed by atoms with E-state index in [1.165, 1.54) is 0 Å². The molecule has 2 amide bonds. The second kappa shape index (κ2) is 9.46. The summed E-state index contributed by atoms with van der Waals surface area (Å²) in [5, 5.41) is 5.92. The first-order valence-corrected chi connectivity index (χ1v) is 9.78. The van der Waals surface area contributed by atoms with E-state index in [1.807, 2.05) is 44.2 Å². The molecule has 2 aromatic rings. The molecular weight excluding hydrogens is 352 g/mol. The number of benzene rings is 1. The maximum Gasteiger partial charge on any atom is 0.238 e. The number of hydrogen-bond acceptors (Lipinski definition) is 4. The summed E-state index contributed by atoms with van der Waals surface area (Å²) < 4.78 is 0. The molecule has 0 unspecified atom stereocenters. The van der Waals surface area contributed by atoms with Gasteiger partial charge in [-0.25, -0.2) is 0 Å². The zero-order valence-electron chi connectivity index (χ0n) is 16.6. The molecule has 1 heterocycles. The Morgan fingerprint density at radius 3 is 2.71 bits per heavy atom. The summed E-state index contributed by atoms with van der Waals surface area (Å²) in [5.41, 5.74) is 4.00. The number of carbonyl (C=O) groups excluding carboxylic acids is 2. The van der Waals surface area contributed by atoms with Crippen molar-refractivity contribution in [2.24, 2.45) is 0 Å². The Balaban J connectivity index is 1.46. The molecule has 0 spiro atoms. The van der Waals surface area contributed by atoms with Crippen LogP contribution >= 0.6 is 0 Å². The molecule has 1 aromatic carbocycles. The Hall–Kier alpha value is -2.73. The lowest BCUT2D eigenvalue weighted by atomic mass is 10.1. The van der Waals surface area contributed by atoms with Crippen LogP contribution in [0.15, 0.2) is 42.7 Å². The molecule has 0 saturated heterocycles. The van der Waals surface area contributed by atoms with E-state index in [9.17, 15) is 9.59 Å². The summed E-state index contributed by atoms with van der Waals surface area (Å²) in [5.74, 6) is -0.0409. The predicted octanol–water partition coefficient (Wildman–Crippen LogP) is 2.81. The number of nitrogens with zero attached hydrogens (tertiary/aromatic N) is 2. The highest BCUT2D eigenvalue weighted by Crippen LogP contribution is 2.27. The van der Waals surface area contributed by atoms with Crippen LogP contribution < -0.4 is 10.6 Å². The van der Waals surface area contributed by atoms with E-state index in [-0.39, 0.29) is 11.8 Å². The third-order valence-corrected chi connectivity index (χ3v) is 4.92. The van der Waals surface area contributed by atoms with Crippen LogP contribution in [0.4, 0.5) is 5.69 Å². The van der Waals surface area contributed by atoms with E-state index in [1.54, 1.807) is 12.4 Å². The first-order valence-electron chi connectivity index (χ1n) is 9.78. The van der Waals surface area contributed by atoms with E-state index in [0.717, 1.165) is 35.2 Å². The first-order chi connectivity index (χ1) is 13.5. The van der Waals surface area contributed by atoms with Crippen LogP contribution in [0.3, 0.4) is 0 Å². The van der Waals surface area contributed by atoms with Crippen LogP contribution in [0, 0.1) is 13.8 Å². The van der Waals surface area contributed by atoms with Crippen LogP contribution in [0.5, 0.6) is 0 Å². The van der Waals surface area contributed by atoms with Crippen molar-refractivity contribution in [2.75, 3.05) is 18.4 Å². The molecule has 3 rings (SSSR count). The van der Waals surface area contributed by atoms with Crippen LogP contribution in [0.25, 0.3) is 0 Å². The van der Waals surface area contributed by atoms with Crippen molar-refractivity contribution in [1.29, 1.82) is 0 Å². The fraction of sp³-hybridized carbons (Fsp3) is 0.409. The molecule has 1 aromatic heterocycles. The Morgan fingerprint density at radius 2 is 2.00 bits per heavy atom. The minimum atomic E-state index is -0.0311. The van der Waals surface area contributed by atoms with Crippen molar-refractivity contribution in [2.45, 2.75) is 45.7 Å². The van der Waals surface area contributed by atoms with Crippen molar-refractivity contribution in [3.05, 3.63) is 59.4 Å². The third-order valence-electron chi connectivity index (χ3n) is 4.92. The topological polar surface area (TPSA) is 74.3 Å². The van der Waals surface area contributed by atoms with Gasteiger partial charge in [-0.05, 0) is 55.5 Å². The van der Waals surface area contributed by atoms with Crippen molar-refractivity contribution in [1.82, 2.24) is 15.2 Å². The summed E-state index contributed by atoms with van der Waals surface area (Å²) >= 11 is 0. The van der Waals surface area contributed by atoms with Gasteiger partial charge in [0.1, 0.15) is 0 Å². The quantitative estimate of drug-likeness (QED) is 0.702. The molecule has 6 nitrogen and oxygen atoms in total. The number of pyridine rings is 1. The van der Waals surface area contributed by atoms with Gasteiger partial charge in [-0.3, -0.25) is 19.5 Å². The molecule has 0 radical (unpaired) electrons. The Labute approximate surface area is 166 Å². The van der Waals surface area contributed by atoms with Gasteiger partial charge in [0.15, 0.2) is 0 Å². The molecular formula is C22H28N4O2. The number of anilines is 1. The molecule has 28 heavy (non-hydrogen) atoms. The average Bonchev–Trinajstić information content (AvgIpc) is 3.52. The van der Waals surface area contributed by atoms with Crippen LogP contribution in [0.1, 0.15) is 36.0 Å². The first kappa shape index (κ1) is 20.0. The molecule has 2 N–H and O–H groups in total. The van der Waals surface area contributed by atoms with Crippen LogP contribution in [-0.4, -0.2) is 40.8 Å².